The third kappa shape index (κ3) is 5.48. The second kappa shape index (κ2) is 10.8. The van der Waals surface area contributed by atoms with Gasteiger partial charge in [-0.3, -0.25) is 20.2 Å². The van der Waals surface area contributed by atoms with E-state index in [9.17, 15) is 4.79 Å². The monoisotopic (exact) mass is 474 g/mol. The van der Waals surface area contributed by atoms with E-state index < -0.39 is 6.04 Å². The summed E-state index contributed by atoms with van der Waals surface area (Å²) in [4.78, 5) is 18.9. The lowest BCUT2D eigenvalue weighted by Crippen LogP contribution is -2.48. The molecule has 0 bridgehead atoms. The third-order valence-corrected chi connectivity index (χ3v) is 6.64. The van der Waals surface area contributed by atoms with Crippen molar-refractivity contribution in [1.82, 2.24) is 9.80 Å². The van der Waals surface area contributed by atoms with Crippen molar-refractivity contribution in [2.75, 3.05) is 44.3 Å². The second-order valence-electron chi connectivity index (χ2n) is 8.46. The van der Waals surface area contributed by atoms with Crippen LogP contribution in [0.1, 0.15) is 22.7 Å². The summed E-state index contributed by atoms with van der Waals surface area (Å²) in [5.41, 5.74) is 9.82. The Hall–Kier alpha value is -3.17. The minimum Gasteiger partial charge on any atom is -0.398 e. The van der Waals surface area contributed by atoms with Crippen molar-refractivity contribution in [2.24, 2.45) is 5.14 Å². The van der Waals surface area contributed by atoms with Crippen LogP contribution in [0.3, 0.4) is 0 Å². The van der Waals surface area contributed by atoms with E-state index in [4.69, 9.17) is 16.3 Å². The van der Waals surface area contributed by atoms with Crippen LogP contribution in [0.5, 0.6) is 0 Å². The summed E-state index contributed by atoms with van der Waals surface area (Å²) in [6.45, 7) is 3.47. The van der Waals surface area contributed by atoms with Gasteiger partial charge in [0.15, 0.2) is 0 Å². The van der Waals surface area contributed by atoms with E-state index in [0.29, 0.717) is 22.5 Å². The molecule has 3 aromatic rings. The zero-order valence-corrected chi connectivity index (χ0v) is 20.0. The van der Waals surface area contributed by atoms with Crippen LogP contribution < -0.4 is 16.2 Å². The number of benzene rings is 3. The molecule has 7 nitrogen and oxygen atoms in total. The van der Waals surface area contributed by atoms with E-state index in [0.717, 1.165) is 48.6 Å². The Kier molecular flexibility index (Phi) is 7.64. The van der Waals surface area contributed by atoms with Gasteiger partial charge >= 0.3 is 0 Å². The number of carbonyl (C=O) groups excluding carboxylic acids is 1. The van der Waals surface area contributed by atoms with Gasteiger partial charge in [-0.25, -0.2) is 0 Å². The molecule has 1 aliphatic heterocycles. The third-order valence-electron chi connectivity index (χ3n) is 6.12. The first-order valence-electron chi connectivity index (χ1n) is 11.2. The fraction of sp³-hybridized carbons (Fsp3) is 0.231. The van der Waals surface area contributed by atoms with E-state index in [-0.39, 0.29) is 11.6 Å². The Morgan fingerprint density at radius 1 is 1.00 bits per heavy atom. The molecule has 1 fully saturated rings. The number of carbonyl (C=O) groups is 1. The molecule has 8 heteroatoms. The number of nitrogens with two attached hydrogens (primary N) is 2. The molecule has 1 aliphatic rings. The van der Waals surface area contributed by atoms with Crippen LogP contribution in [0.15, 0.2) is 77.7 Å². The number of hydrogen-bond donors (Lipinski definition) is 4. The quantitative estimate of drug-likeness (QED) is 0.237. The summed E-state index contributed by atoms with van der Waals surface area (Å²) in [5, 5.41) is 17.5. The molecular formula is C26H30N6OS. The van der Waals surface area contributed by atoms with Gasteiger partial charge in [0.2, 0.25) is 5.91 Å². The van der Waals surface area contributed by atoms with Crippen molar-refractivity contribution in [3.8, 4) is 0 Å². The number of piperazine rings is 1. The molecule has 0 aromatic heterocycles. The first-order chi connectivity index (χ1) is 16.5. The van der Waals surface area contributed by atoms with Crippen LogP contribution in [0.25, 0.3) is 0 Å². The number of anilines is 2. The van der Waals surface area contributed by atoms with E-state index in [1.54, 1.807) is 18.2 Å². The lowest BCUT2D eigenvalue weighted by Gasteiger charge is -2.37. The zero-order valence-electron chi connectivity index (χ0n) is 19.2. The average molecular weight is 475 g/mol. The van der Waals surface area contributed by atoms with Crippen LogP contribution in [0.2, 0.25) is 0 Å². The van der Waals surface area contributed by atoms with Gasteiger partial charge in [0, 0.05) is 53.6 Å². The SMILES string of the molecule is CN1CCN(C(C(=O)Nc2ccc(N)c(C(=N)c3cccc(SN)c3)c2)c2ccccc2)CC1. The maximum Gasteiger partial charge on any atom is 0.246 e. The summed E-state index contributed by atoms with van der Waals surface area (Å²) < 4.78 is 0. The van der Waals surface area contributed by atoms with Crippen molar-refractivity contribution in [3.63, 3.8) is 0 Å². The number of amides is 1. The average Bonchev–Trinajstić information content (AvgIpc) is 2.87. The predicted octanol–water partition coefficient (Wildman–Crippen LogP) is 3.58. The van der Waals surface area contributed by atoms with Gasteiger partial charge in [0.05, 0.1) is 5.71 Å². The lowest BCUT2D eigenvalue weighted by atomic mass is 10.00. The van der Waals surface area contributed by atoms with Gasteiger partial charge in [0.1, 0.15) is 6.04 Å². The highest BCUT2D eigenvalue weighted by Gasteiger charge is 2.30. The zero-order chi connectivity index (χ0) is 24.1. The van der Waals surface area contributed by atoms with Crippen molar-refractivity contribution < 1.29 is 4.79 Å². The Labute approximate surface area is 204 Å². The van der Waals surface area contributed by atoms with Gasteiger partial charge in [-0.15, -0.1) is 0 Å². The Morgan fingerprint density at radius 3 is 2.44 bits per heavy atom. The molecule has 176 valence electrons. The molecule has 6 N–H and O–H groups in total. The van der Waals surface area contributed by atoms with Crippen molar-refractivity contribution >= 4 is 34.9 Å². The van der Waals surface area contributed by atoms with E-state index >= 15 is 0 Å². The fourth-order valence-electron chi connectivity index (χ4n) is 4.19. The van der Waals surface area contributed by atoms with Gasteiger partial charge < -0.3 is 16.0 Å². The topological polar surface area (TPSA) is 111 Å². The molecule has 0 aliphatic carbocycles. The van der Waals surface area contributed by atoms with Crippen LogP contribution in [0, 0.1) is 5.41 Å². The number of nitrogens with zero attached hydrogens (tertiary/aromatic N) is 2. The molecule has 1 amide bonds. The molecule has 1 saturated heterocycles. The Bertz CT molecular complexity index is 1160. The molecule has 4 rings (SSSR count). The molecule has 1 heterocycles. The fourth-order valence-corrected chi connectivity index (χ4v) is 4.54. The van der Waals surface area contributed by atoms with Gasteiger partial charge in [-0.2, -0.15) is 0 Å². The van der Waals surface area contributed by atoms with Crippen molar-refractivity contribution in [3.05, 3.63) is 89.5 Å². The molecule has 0 spiro atoms. The van der Waals surface area contributed by atoms with Crippen LogP contribution >= 0.6 is 11.9 Å². The minimum absolute atomic E-state index is 0.0977. The van der Waals surface area contributed by atoms with Gasteiger partial charge in [-0.05, 0) is 54.9 Å². The molecule has 0 saturated carbocycles. The van der Waals surface area contributed by atoms with Crippen LogP contribution in [0.4, 0.5) is 11.4 Å². The smallest absolute Gasteiger partial charge is 0.246 e. The Morgan fingerprint density at radius 2 is 1.74 bits per heavy atom. The molecular weight excluding hydrogens is 444 g/mol. The summed E-state index contributed by atoms with van der Waals surface area (Å²) in [7, 11) is 2.10. The number of nitrogens with one attached hydrogen (secondary N) is 2. The summed E-state index contributed by atoms with van der Waals surface area (Å²) >= 11 is 1.13. The normalized spacial score (nSPS) is 15.6. The number of nitrogen functional groups attached to an aromatic ring is 1. The predicted molar refractivity (Wildman–Crippen MR) is 140 cm³/mol. The first-order valence-corrected chi connectivity index (χ1v) is 12.1. The maximum atomic E-state index is 13.5. The number of hydrogen-bond acceptors (Lipinski definition) is 7. The maximum absolute atomic E-state index is 13.5. The first kappa shape index (κ1) is 24.0. The summed E-state index contributed by atoms with van der Waals surface area (Å²) in [5.74, 6) is -0.0977. The minimum atomic E-state index is -0.395. The highest BCUT2D eigenvalue weighted by Crippen LogP contribution is 2.27. The van der Waals surface area contributed by atoms with Crippen LogP contribution in [-0.2, 0) is 4.79 Å². The molecule has 0 radical (unpaired) electrons. The molecule has 1 atom stereocenters. The highest BCUT2D eigenvalue weighted by molar-refractivity contribution is 7.97. The molecule has 34 heavy (non-hydrogen) atoms. The summed E-state index contributed by atoms with van der Waals surface area (Å²) in [6, 6.07) is 22.2. The summed E-state index contributed by atoms with van der Waals surface area (Å²) in [6.07, 6.45) is 0. The standard InChI is InChI=1S/C26H30N6OS/c1-31-12-14-32(15-13-31)25(18-6-3-2-4-7-18)26(33)30-20-10-11-23(27)22(17-20)24(28)19-8-5-9-21(16-19)34-29/h2-11,16-17,25,28H,12-15,27,29H2,1H3,(H,30,33). The Balaban J connectivity index is 1.59. The van der Waals surface area contributed by atoms with E-state index in [2.05, 4.69) is 22.2 Å². The molecule has 3 aromatic carbocycles. The van der Waals surface area contributed by atoms with E-state index in [1.807, 2.05) is 54.6 Å². The van der Waals surface area contributed by atoms with Crippen molar-refractivity contribution in [1.29, 1.82) is 5.41 Å². The lowest BCUT2D eigenvalue weighted by molar-refractivity contribution is -0.122. The van der Waals surface area contributed by atoms with Gasteiger partial charge in [0.25, 0.3) is 0 Å². The van der Waals surface area contributed by atoms with Gasteiger partial charge in [-0.1, -0.05) is 42.5 Å². The highest BCUT2D eigenvalue weighted by atomic mass is 32.2. The number of likely N-dealkylation sites (N-methyl/N-ethyl adjacent to an activating group) is 1. The number of rotatable bonds is 7. The van der Waals surface area contributed by atoms with Crippen LogP contribution in [-0.4, -0.2) is 54.6 Å². The van der Waals surface area contributed by atoms with E-state index in [1.165, 1.54) is 0 Å². The second-order valence-corrected chi connectivity index (χ2v) is 9.17. The molecule has 1 unspecified atom stereocenters. The largest absolute Gasteiger partial charge is 0.398 e. The van der Waals surface area contributed by atoms with Crippen molar-refractivity contribution in [2.45, 2.75) is 10.9 Å².